The molecule has 1 aromatic carbocycles. The van der Waals surface area contributed by atoms with Crippen LogP contribution in [0.4, 0.5) is 0 Å². The molecule has 0 amide bonds. The molecule has 0 saturated heterocycles. The highest BCUT2D eigenvalue weighted by Crippen LogP contribution is 2.25. The van der Waals surface area contributed by atoms with E-state index in [4.69, 9.17) is 0 Å². The average molecular weight is 281 g/mol. The van der Waals surface area contributed by atoms with E-state index in [0.29, 0.717) is 0 Å². The minimum absolute atomic E-state index is 0.290. The highest BCUT2D eigenvalue weighted by molar-refractivity contribution is 7.11. The topological polar surface area (TPSA) is 50.2 Å². The van der Waals surface area contributed by atoms with Gasteiger partial charge in [-0.3, -0.25) is 4.98 Å². The third-order valence-corrected chi connectivity index (χ3v) is 3.88. The van der Waals surface area contributed by atoms with Crippen LogP contribution in [0, 0.1) is 0 Å². The highest BCUT2D eigenvalue weighted by Gasteiger charge is 2.12. The Balaban J connectivity index is 2.19. The summed E-state index contributed by atoms with van der Waals surface area (Å²) in [6.45, 7) is 0. The normalized spacial score (nSPS) is 11.7. The summed E-state index contributed by atoms with van der Waals surface area (Å²) in [5.74, 6) is -0.930. The molecule has 98 valence electrons. The molecular formula is C16H11NO2S. The Morgan fingerprint density at radius 1 is 1.15 bits per heavy atom. The van der Waals surface area contributed by atoms with Gasteiger partial charge in [0.25, 0.3) is 0 Å². The van der Waals surface area contributed by atoms with Crippen molar-refractivity contribution in [3.05, 3.63) is 64.5 Å². The Morgan fingerprint density at radius 3 is 2.75 bits per heavy atom. The number of hydrogen-bond acceptors (Lipinski definition) is 3. The summed E-state index contributed by atoms with van der Waals surface area (Å²) in [4.78, 5) is 16.5. The summed E-state index contributed by atoms with van der Waals surface area (Å²) in [7, 11) is 0. The summed E-state index contributed by atoms with van der Waals surface area (Å²) < 4.78 is 0. The first kappa shape index (κ1) is 12.6. The van der Waals surface area contributed by atoms with E-state index >= 15 is 0 Å². The molecule has 4 heteroatoms. The first-order valence-electron chi connectivity index (χ1n) is 6.08. The predicted molar refractivity (Wildman–Crippen MR) is 81.6 cm³/mol. The third kappa shape index (κ3) is 2.33. The van der Waals surface area contributed by atoms with Gasteiger partial charge in [0.15, 0.2) is 0 Å². The van der Waals surface area contributed by atoms with Gasteiger partial charge >= 0.3 is 5.97 Å². The Morgan fingerprint density at radius 2 is 2.00 bits per heavy atom. The smallest absolute Gasteiger partial charge is 0.337 e. The second kappa shape index (κ2) is 5.27. The molecule has 0 bridgehead atoms. The minimum Gasteiger partial charge on any atom is -0.478 e. The van der Waals surface area contributed by atoms with Gasteiger partial charge in [-0.2, -0.15) is 0 Å². The van der Waals surface area contributed by atoms with Gasteiger partial charge in [-0.15, -0.1) is 11.3 Å². The summed E-state index contributed by atoms with van der Waals surface area (Å²) in [5.41, 5.74) is 1.91. The molecule has 20 heavy (non-hydrogen) atoms. The van der Waals surface area contributed by atoms with Crippen LogP contribution in [-0.4, -0.2) is 16.1 Å². The molecule has 3 nitrogen and oxygen atoms in total. The van der Waals surface area contributed by atoms with Crippen LogP contribution in [0.5, 0.6) is 0 Å². The number of aromatic nitrogens is 1. The first-order chi connectivity index (χ1) is 9.75. The van der Waals surface area contributed by atoms with Crippen LogP contribution < -0.4 is 0 Å². The van der Waals surface area contributed by atoms with Crippen molar-refractivity contribution < 1.29 is 9.90 Å². The van der Waals surface area contributed by atoms with Crippen molar-refractivity contribution in [2.24, 2.45) is 0 Å². The fourth-order valence-electron chi connectivity index (χ4n) is 2.07. The average Bonchev–Trinajstić information content (AvgIpc) is 2.98. The molecule has 1 N–H and O–H groups in total. The van der Waals surface area contributed by atoms with E-state index in [1.54, 1.807) is 12.3 Å². The molecule has 0 aliphatic heterocycles. The van der Waals surface area contributed by atoms with E-state index in [9.17, 15) is 9.90 Å². The number of aliphatic carboxylic acids is 1. The van der Waals surface area contributed by atoms with Crippen molar-refractivity contribution in [3.63, 3.8) is 0 Å². The fraction of sp³-hybridized carbons (Fsp3) is 0. The number of fused-ring (bicyclic) bond motifs is 1. The van der Waals surface area contributed by atoms with Crippen LogP contribution in [0.1, 0.15) is 10.4 Å². The Hall–Kier alpha value is -2.46. The van der Waals surface area contributed by atoms with Crippen molar-refractivity contribution >= 4 is 39.9 Å². The van der Waals surface area contributed by atoms with Gasteiger partial charge in [-0.1, -0.05) is 30.3 Å². The second-order valence-electron chi connectivity index (χ2n) is 4.26. The highest BCUT2D eigenvalue weighted by atomic mass is 32.1. The van der Waals surface area contributed by atoms with Crippen LogP contribution in [-0.2, 0) is 4.79 Å². The molecule has 0 fully saturated rings. The number of carboxylic acids is 1. The largest absolute Gasteiger partial charge is 0.478 e. The van der Waals surface area contributed by atoms with Gasteiger partial charge < -0.3 is 5.11 Å². The first-order valence-corrected chi connectivity index (χ1v) is 6.96. The van der Waals surface area contributed by atoms with Crippen LogP contribution >= 0.6 is 11.3 Å². The molecule has 0 spiro atoms. The summed E-state index contributed by atoms with van der Waals surface area (Å²) in [6.07, 6.45) is 3.40. The van der Waals surface area contributed by atoms with E-state index in [1.807, 2.05) is 47.8 Å². The lowest BCUT2D eigenvalue weighted by atomic mass is 10.1. The fourth-order valence-corrected chi connectivity index (χ4v) is 2.80. The zero-order chi connectivity index (χ0) is 13.9. The number of hydrogen-bond donors (Lipinski definition) is 1. The molecule has 0 atom stereocenters. The molecular weight excluding hydrogens is 270 g/mol. The quantitative estimate of drug-likeness (QED) is 0.740. The van der Waals surface area contributed by atoms with Crippen LogP contribution in [0.2, 0.25) is 0 Å². The number of nitrogens with zero attached hydrogens (tertiary/aromatic N) is 1. The van der Waals surface area contributed by atoms with Gasteiger partial charge in [0.2, 0.25) is 0 Å². The molecule has 0 aliphatic rings. The molecule has 0 aliphatic carbocycles. The SMILES string of the molecule is O=C(O)/C(=C\c1cccc2cccnc12)c1cccs1. The lowest BCUT2D eigenvalue weighted by molar-refractivity contribution is -0.130. The van der Waals surface area contributed by atoms with E-state index in [1.165, 1.54) is 11.3 Å². The number of rotatable bonds is 3. The lowest BCUT2D eigenvalue weighted by Gasteiger charge is -2.03. The van der Waals surface area contributed by atoms with Crippen LogP contribution in [0.3, 0.4) is 0 Å². The number of para-hydroxylation sites is 1. The monoisotopic (exact) mass is 281 g/mol. The van der Waals surface area contributed by atoms with E-state index < -0.39 is 5.97 Å². The molecule has 0 saturated carbocycles. The Kier molecular flexibility index (Phi) is 3.31. The van der Waals surface area contributed by atoms with Crippen molar-refractivity contribution in [3.8, 4) is 0 Å². The van der Waals surface area contributed by atoms with Crippen molar-refractivity contribution in [2.75, 3.05) is 0 Å². The zero-order valence-corrected chi connectivity index (χ0v) is 11.3. The molecule has 2 heterocycles. The van der Waals surface area contributed by atoms with Gasteiger partial charge in [0, 0.05) is 22.0 Å². The summed E-state index contributed by atoms with van der Waals surface area (Å²) in [6, 6.07) is 13.2. The van der Waals surface area contributed by atoms with Gasteiger partial charge in [-0.25, -0.2) is 4.79 Å². The maximum absolute atomic E-state index is 11.5. The molecule has 0 radical (unpaired) electrons. The number of thiophene rings is 1. The van der Waals surface area contributed by atoms with Crippen LogP contribution in [0.15, 0.2) is 54.0 Å². The van der Waals surface area contributed by atoms with Gasteiger partial charge in [0.1, 0.15) is 0 Å². The lowest BCUT2D eigenvalue weighted by Crippen LogP contribution is -1.98. The second-order valence-corrected chi connectivity index (χ2v) is 5.21. The predicted octanol–water partition coefficient (Wildman–Crippen LogP) is 3.92. The van der Waals surface area contributed by atoms with Gasteiger partial charge in [0.05, 0.1) is 11.1 Å². The van der Waals surface area contributed by atoms with E-state index in [-0.39, 0.29) is 5.57 Å². The van der Waals surface area contributed by atoms with Crippen LogP contribution in [0.25, 0.3) is 22.6 Å². The number of pyridine rings is 1. The van der Waals surface area contributed by atoms with E-state index in [2.05, 4.69) is 4.98 Å². The number of carbonyl (C=O) groups is 1. The maximum atomic E-state index is 11.5. The molecule has 3 aromatic rings. The van der Waals surface area contributed by atoms with Crippen molar-refractivity contribution in [1.29, 1.82) is 0 Å². The molecule has 0 unspecified atom stereocenters. The number of carboxylic acid groups (broad SMARTS) is 1. The standard InChI is InChI=1S/C16H11NO2S/c18-16(19)13(14-7-3-9-20-14)10-12-5-1-4-11-6-2-8-17-15(11)12/h1-10H,(H,18,19)/b13-10-. The van der Waals surface area contributed by atoms with Crippen molar-refractivity contribution in [1.82, 2.24) is 4.98 Å². The Labute approximate surface area is 119 Å². The van der Waals surface area contributed by atoms with Gasteiger partial charge in [-0.05, 0) is 23.6 Å². The third-order valence-electron chi connectivity index (χ3n) is 2.98. The minimum atomic E-state index is -0.930. The van der Waals surface area contributed by atoms with Crippen molar-refractivity contribution in [2.45, 2.75) is 0 Å². The zero-order valence-electron chi connectivity index (χ0n) is 10.5. The summed E-state index contributed by atoms with van der Waals surface area (Å²) >= 11 is 1.41. The Bertz CT molecular complexity index is 786. The van der Waals surface area contributed by atoms with E-state index in [0.717, 1.165) is 21.3 Å². The molecule has 3 rings (SSSR count). The number of benzene rings is 1. The summed E-state index contributed by atoms with van der Waals surface area (Å²) in [5, 5.41) is 12.3. The maximum Gasteiger partial charge on any atom is 0.337 e. The molecule has 2 aromatic heterocycles.